The molecule has 0 bridgehead atoms. The van der Waals surface area contributed by atoms with Gasteiger partial charge >= 0.3 is 6.09 Å². The maximum absolute atomic E-state index is 12.5. The molecular formula is C17H22N4O2. The fourth-order valence-electron chi connectivity index (χ4n) is 2.99. The Morgan fingerprint density at radius 1 is 1.39 bits per heavy atom. The lowest BCUT2D eigenvalue weighted by Crippen LogP contribution is -2.42. The number of aromatic amines is 1. The standard InChI is InChI=1S/C17H22N4O2/c1-12-7-8-15(14-9-16(18)20-19-14)21(10-12)17(22)23-11-13-5-3-2-4-6-13/h2-6,9,12,15H,7-8,10-11H2,1H3,(H3,18,19,20)/t12-,15-/m0/s1. The molecule has 2 atom stereocenters. The SMILES string of the molecule is C[C@H]1CC[C@@H](c2cc(N)[nH]n2)N(C(=O)OCc2ccccc2)C1. The summed E-state index contributed by atoms with van der Waals surface area (Å²) in [6.07, 6.45) is 1.62. The number of likely N-dealkylation sites (tertiary alicyclic amines) is 1. The lowest BCUT2D eigenvalue weighted by atomic mass is 9.93. The molecule has 6 nitrogen and oxygen atoms in total. The molecular weight excluding hydrogens is 292 g/mol. The third kappa shape index (κ3) is 3.64. The zero-order valence-electron chi connectivity index (χ0n) is 13.2. The van der Waals surface area contributed by atoms with Crippen molar-refractivity contribution in [1.82, 2.24) is 15.1 Å². The molecule has 0 aliphatic carbocycles. The van der Waals surface area contributed by atoms with Gasteiger partial charge in [0.1, 0.15) is 12.4 Å². The molecule has 1 saturated heterocycles. The summed E-state index contributed by atoms with van der Waals surface area (Å²) in [5.41, 5.74) is 7.49. The van der Waals surface area contributed by atoms with Crippen molar-refractivity contribution >= 4 is 11.9 Å². The molecule has 1 aromatic heterocycles. The van der Waals surface area contributed by atoms with Crippen molar-refractivity contribution in [2.45, 2.75) is 32.4 Å². The Morgan fingerprint density at radius 3 is 2.87 bits per heavy atom. The van der Waals surface area contributed by atoms with Crippen LogP contribution in [0, 0.1) is 5.92 Å². The monoisotopic (exact) mass is 314 g/mol. The summed E-state index contributed by atoms with van der Waals surface area (Å²) >= 11 is 0. The van der Waals surface area contributed by atoms with Crippen molar-refractivity contribution < 1.29 is 9.53 Å². The molecule has 1 aliphatic heterocycles. The lowest BCUT2D eigenvalue weighted by Gasteiger charge is -2.36. The van der Waals surface area contributed by atoms with Crippen molar-refractivity contribution in [3.63, 3.8) is 0 Å². The third-order valence-electron chi connectivity index (χ3n) is 4.22. The Kier molecular flexibility index (Phi) is 4.50. The first-order chi connectivity index (χ1) is 11.1. The maximum atomic E-state index is 12.5. The predicted molar refractivity (Wildman–Crippen MR) is 87.5 cm³/mol. The molecule has 1 aromatic carbocycles. The highest BCUT2D eigenvalue weighted by molar-refractivity contribution is 5.68. The predicted octanol–water partition coefficient (Wildman–Crippen LogP) is 3.10. The van der Waals surface area contributed by atoms with E-state index in [1.807, 2.05) is 30.3 Å². The number of aromatic nitrogens is 2. The van der Waals surface area contributed by atoms with E-state index in [1.54, 1.807) is 11.0 Å². The first-order valence-corrected chi connectivity index (χ1v) is 7.91. The van der Waals surface area contributed by atoms with E-state index in [0.717, 1.165) is 24.1 Å². The fraction of sp³-hybridized carbons (Fsp3) is 0.412. The molecule has 0 radical (unpaired) electrons. The van der Waals surface area contributed by atoms with E-state index in [0.29, 0.717) is 18.3 Å². The van der Waals surface area contributed by atoms with Gasteiger partial charge in [0.2, 0.25) is 0 Å². The van der Waals surface area contributed by atoms with Crippen LogP contribution in [0.3, 0.4) is 0 Å². The molecule has 0 saturated carbocycles. The van der Waals surface area contributed by atoms with E-state index in [2.05, 4.69) is 17.1 Å². The highest BCUT2D eigenvalue weighted by Gasteiger charge is 2.33. The lowest BCUT2D eigenvalue weighted by molar-refractivity contribution is 0.0554. The molecule has 3 rings (SSSR count). The van der Waals surface area contributed by atoms with E-state index in [4.69, 9.17) is 10.5 Å². The Labute approximate surface area is 135 Å². The zero-order valence-corrected chi connectivity index (χ0v) is 13.2. The number of piperidine rings is 1. The van der Waals surface area contributed by atoms with Crippen molar-refractivity contribution in [1.29, 1.82) is 0 Å². The Bertz CT molecular complexity index is 656. The van der Waals surface area contributed by atoms with Gasteiger partial charge in [-0.1, -0.05) is 37.3 Å². The average molecular weight is 314 g/mol. The molecule has 2 heterocycles. The van der Waals surface area contributed by atoms with Gasteiger partial charge in [0.25, 0.3) is 0 Å². The van der Waals surface area contributed by atoms with E-state index < -0.39 is 0 Å². The Hall–Kier alpha value is -2.50. The van der Waals surface area contributed by atoms with Crippen LogP contribution in [0.1, 0.15) is 37.1 Å². The van der Waals surface area contributed by atoms with Crippen LogP contribution in [-0.2, 0) is 11.3 Å². The van der Waals surface area contributed by atoms with Gasteiger partial charge in [0, 0.05) is 12.6 Å². The summed E-state index contributed by atoms with van der Waals surface area (Å²) in [5, 5.41) is 6.96. The highest BCUT2D eigenvalue weighted by Crippen LogP contribution is 2.33. The summed E-state index contributed by atoms with van der Waals surface area (Å²) in [7, 11) is 0. The number of amides is 1. The van der Waals surface area contributed by atoms with Crippen molar-refractivity contribution in [3.05, 3.63) is 47.7 Å². The van der Waals surface area contributed by atoms with Gasteiger partial charge in [0.05, 0.1) is 11.7 Å². The number of nitrogens with one attached hydrogen (secondary N) is 1. The van der Waals surface area contributed by atoms with E-state index in [1.165, 1.54) is 0 Å². The van der Waals surface area contributed by atoms with Crippen LogP contribution >= 0.6 is 0 Å². The second-order valence-electron chi connectivity index (χ2n) is 6.14. The molecule has 1 fully saturated rings. The summed E-state index contributed by atoms with van der Waals surface area (Å²) in [5.74, 6) is 0.961. The minimum absolute atomic E-state index is 0.0805. The first-order valence-electron chi connectivity index (χ1n) is 7.91. The van der Waals surface area contributed by atoms with Gasteiger partial charge in [-0.05, 0) is 24.3 Å². The van der Waals surface area contributed by atoms with Gasteiger partial charge in [0.15, 0.2) is 0 Å². The number of nitrogens with zero attached hydrogens (tertiary/aromatic N) is 2. The molecule has 2 aromatic rings. The molecule has 6 heteroatoms. The molecule has 3 N–H and O–H groups in total. The van der Waals surface area contributed by atoms with E-state index >= 15 is 0 Å². The summed E-state index contributed by atoms with van der Waals surface area (Å²) in [6, 6.07) is 11.4. The number of anilines is 1. The minimum atomic E-state index is -0.299. The summed E-state index contributed by atoms with van der Waals surface area (Å²) < 4.78 is 5.49. The number of carbonyl (C=O) groups excluding carboxylic acids is 1. The van der Waals surface area contributed by atoms with Gasteiger partial charge < -0.3 is 10.5 Å². The summed E-state index contributed by atoms with van der Waals surface area (Å²) in [6.45, 7) is 3.09. The molecule has 1 aliphatic rings. The third-order valence-corrected chi connectivity index (χ3v) is 4.22. The highest BCUT2D eigenvalue weighted by atomic mass is 16.6. The summed E-state index contributed by atoms with van der Waals surface area (Å²) in [4.78, 5) is 14.3. The minimum Gasteiger partial charge on any atom is -0.445 e. The number of hydrogen-bond acceptors (Lipinski definition) is 4. The zero-order chi connectivity index (χ0) is 16.2. The largest absolute Gasteiger partial charge is 0.445 e. The normalized spacial score (nSPS) is 21.2. The number of hydrogen-bond donors (Lipinski definition) is 2. The number of nitrogens with two attached hydrogens (primary N) is 1. The van der Waals surface area contributed by atoms with Crippen LogP contribution in [0.4, 0.5) is 10.6 Å². The first kappa shape index (κ1) is 15.4. The van der Waals surface area contributed by atoms with Gasteiger partial charge in [-0.2, -0.15) is 5.10 Å². The maximum Gasteiger partial charge on any atom is 0.410 e. The second kappa shape index (κ2) is 6.73. The van der Waals surface area contributed by atoms with Crippen LogP contribution < -0.4 is 5.73 Å². The second-order valence-corrected chi connectivity index (χ2v) is 6.14. The van der Waals surface area contributed by atoms with Crippen molar-refractivity contribution in [2.24, 2.45) is 5.92 Å². The van der Waals surface area contributed by atoms with Gasteiger partial charge in [-0.25, -0.2) is 4.79 Å². The number of carbonyl (C=O) groups is 1. The van der Waals surface area contributed by atoms with Gasteiger partial charge in [-0.15, -0.1) is 0 Å². The molecule has 0 spiro atoms. The topological polar surface area (TPSA) is 84.2 Å². The van der Waals surface area contributed by atoms with Crippen LogP contribution in [0.25, 0.3) is 0 Å². The van der Waals surface area contributed by atoms with E-state index in [9.17, 15) is 4.79 Å². The number of H-pyrrole nitrogens is 1. The fourth-order valence-corrected chi connectivity index (χ4v) is 2.99. The number of nitrogen functional groups attached to an aromatic ring is 1. The quantitative estimate of drug-likeness (QED) is 0.911. The average Bonchev–Trinajstić information content (AvgIpc) is 3.00. The molecule has 0 unspecified atom stereocenters. The van der Waals surface area contributed by atoms with Crippen LogP contribution in [-0.4, -0.2) is 27.7 Å². The number of ether oxygens (including phenoxy) is 1. The number of rotatable bonds is 3. The van der Waals surface area contributed by atoms with Crippen molar-refractivity contribution in [2.75, 3.05) is 12.3 Å². The van der Waals surface area contributed by atoms with Gasteiger partial charge in [-0.3, -0.25) is 10.00 Å². The van der Waals surface area contributed by atoms with Crippen molar-refractivity contribution in [3.8, 4) is 0 Å². The molecule has 1 amide bonds. The smallest absolute Gasteiger partial charge is 0.410 e. The molecule has 23 heavy (non-hydrogen) atoms. The number of benzene rings is 1. The Morgan fingerprint density at radius 2 is 2.17 bits per heavy atom. The van der Waals surface area contributed by atoms with Crippen LogP contribution in [0.5, 0.6) is 0 Å². The molecule has 122 valence electrons. The Balaban J connectivity index is 1.69. The van der Waals surface area contributed by atoms with Crippen LogP contribution in [0.2, 0.25) is 0 Å². The van der Waals surface area contributed by atoms with E-state index in [-0.39, 0.29) is 18.7 Å². The van der Waals surface area contributed by atoms with Crippen LogP contribution in [0.15, 0.2) is 36.4 Å².